The van der Waals surface area contributed by atoms with Crippen LogP contribution in [0.5, 0.6) is 0 Å². The van der Waals surface area contributed by atoms with Crippen LogP contribution in [0.2, 0.25) is 5.02 Å². The molecule has 1 fully saturated rings. The number of rotatable bonds is 2. The summed E-state index contributed by atoms with van der Waals surface area (Å²) in [7, 11) is 1.60. The summed E-state index contributed by atoms with van der Waals surface area (Å²) in [6, 6.07) is 0.420. The van der Waals surface area contributed by atoms with Crippen LogP contribution >= 0.6 is 11.6 Å². The Kier molecular flexibility index (Phi) is 4.05. The average molecular weight is 256 g/mol. The Morgan fingerprint density at radius 2 is 2.00 bits per heavy atom. The van der Waals surface area contributed by atoms with E-state index in [1.54, 1.807) is 13.2 Å². The number of nitrogens with zero attached hydrogens (tertiary/aromatic N) is 2. The second-order valence-electron chi connectivity index (χ2n) is 4.63. The fourth-order valence-corrected chi connectivity index (χ4v) is 2.48. The lowest BCUT2D eigenvalue weighted by Gasteiger charge is -2.18. The van der Waals surface area contributed by atoms with Gasteiger partial charge in [0.15, 0.2) is 0 Å². The van der Waals surface area contributed by atoms with E-state index in [-0.39, 0.29) is 10.6 Å². The highest BCUT2D eigenvalue weighted by Gasteiger charge is 2.15. The maximum atomic E-state index is 11.6. The molecule has 0 bridgehead atoms. The summed E-state index contributed by atoms with van der Waals surface area (Å²) in [5.74, 6) is 0. The normalized spacial score (nSPS) is 17.8. The van der Waals surface area contributed by atoms with Crippen molar-refractivity contribution in [2.45, 2.75) is 44.6 Å². The van der Waals surface area contributed by atoms with E-state index in [4.69, 9.17) is 11.6 Å². The molecule has 0 atom stereocenters. The molecule has 0 spiro atoms. The van der Waals surface area contributed by atoms with Gasteiger partial charge in [0, 0.05) is 13.1 Å². The minimum atomic E-state index is -0.245. The van der Waals surface area contributed by atoms with Gasteiger partial charge in [-0.15, -0.1) is 0 Å². The van der Waals surface area contributed by atoms with Crippen LogP contribution in [0.25, 0.3) is 0 Å². The molecule has 1 N–H and O–H groups in total. The summed E-state index contributed by atoms with van der Waals surface area (Å²) in [6.07, 6.45) is 9.02. The Labute approximate surface area is 106 Å². The second-order valence-corrected chi connectivity index (χ2v) is 5.01. The van der Waals surface area contributed by atoms with E-state index in [0.29, 0.717) is 11.7 Å². The predicted octanol–water partition coefficient (Wildman–Crippen LogP) is 2.57. The first-order chi connectivity index (χ1) is 8.18. The van der Waals surface area contributed by atoms with Crippen LogP contribution < -0.4 is 10.9 Å². The van der Waals surface area contributed by atoms with Gasteiger partial charge >= 0.3 is 0 Å². The second kappa shape index (κ2) is 5.54. The SMILES string of the molecule is Cn1ncc(NC2CCCCCC2)c(Cl)c1=O. The smallest absolute Gasteiger partial charge is 0.287 e. The zero-order valence-electron chi connectivity index (χ0n) is 10.1. The van der Waals surface area contributed by atoms with Gasteiger partial charge < -0.3 is 5.32 Å². The van der Waals surface area contributed by atoms with Crippen LogP contribution in [-0.2, 0) is 7.05 Å². The lowest BCUT2D eigenvalue weighted by Crippen LogP contribution is -2.24. The van der Waals surface area contributed by atoms with Gasteiger partial charge in [-0.1, -0.05) is 37.3 Å². The molecule has 1 aliphatic rings. The summed E-state index contributed by atoms with van der Waals surface area (Å²) >= 11 is 6.02. The number of aryl methyl sites for hydroxylation is 1. The molecular formula is C12H18ClN3O. The molecule has 94 valence electrons. The van der Waals surface area contributed by atoms with Crippen molar-refractivity contribution in [1.29, 1.82) is 0 Å². The van der Waals surface area contributed by atoms with Gasteiger partial charge in [-0.05, 0) is 12.8 Å². The summed E-state index contributed by atoms with van der Waals surface area (Å²) in [6.45, 7) is 0. The molecule has 1 aliphatic carbocycles. The molecule has 4 nitrogen and oxygen atoms in total. The van der Waals surface area contributed by atoms with Crippen molar-refractivity contribution in [1.82, 2.24) is 9.78 Å². The van der Waals surface area contributed by atoms with Gasteiger partial charge in [-0.2, -0.15) is 5.10 Å². The predicted molar refractivity (Wildman–Crippen MR) is 69.6 cm³/mol. The van der Waals surface area contributed by atoms with Crippen LogP contribution in [0.4, 0.5) is 5.69 Å². The lowest BCUT2D eigenvalue weighted by atomic mass is 10.1. The van der Waals surface area contributed by atoms with E-state index in [1.165, 1.54) is 30.4 Å². The van der Waals surface area contributed by atoms with Crippen molar-refractivity contribution in [3.8, 4) is 0 Å². The Hall–Kier alpha value is -1.03. The van der Waals surface area contributed by atoms with Crippen LogP contribution in [0.3, 0.4) is 0 Å². The molecule has 0 amide bonds. The number of hydrogen-bond acceptors (Lipinski definition) is 3. The first-order valence-corrected chi connectivity index (χ1v) is 6.54. The Morgan fingerprint density at radius 3 is 2.65 bits per heavy atom. The van der Waals surface area contributed by atoms with Crippen molar-refractivity contribution in [2.24, 2.45) is 7.05 Å². The quantitative estimate of drug-likeness (QED) is 0.827. The third-order valence-corrected chi connectivity index (χ3v) is 3.66. The van der Waals surface area contributed by atoms with E-state index in [9.17, 15) is 4.79 Å². The molecule has 17 heavy (non-hydrogen) atoms. The molecule has 0 aromatic carbocycles. The fraction of sp³-hybridized carbons (Fsp3) is 0.667. The van der Waals surface area contributed by atoms with Crippen molar-refractivity contribution in [3.63, 3.8) is 0 Å². The maximum Gasteiger partial charge on any atom is 0.287 e. The van der Waals surface area contributed by atoms with Crippen LogP contribution in [0, 0.1) is 0 Å². The van der Waals surface area contributed by atoms with E-state index in [0.717, 1.165) is 12.8 Å². The van der Waals surface area contributed by atoms with Crippen LogP contribution in [-0.4, -0.2) is 15.8 Å². The van der Waals surface area contributed by atoms with Crippen molar-refractivity contribution in [2.75, 3.05) is 5.32 Å². The van der Waals surface area contributed by atoms with Gasteiger partial charge in [0.05, 0.1) is 11.9 Å². The molecule has 0 aliphatic heterocycles. The number of anilines is 1. The highest BCUT2D eigenvalue weighted by Crippen LogP contribution is 2.23. The van der Waals surface area contributed by atoms with E-state index in [1.807, 2.05) is 0 Å². The molecule has 2 rings (SSSR count). The molecule has 0 saturated heterocycles. The van der Waals surface area contributed by atoms with Gasteiger partial charge in [-0.25, -0.2) is 4.68 Å². The lowest BCUT2D eigenvalue weighted by molar-refractivity contribution is 0.617. The number of halogens is 1. The number of hydrogen-bond donors (Lipinski definition) is 1. The van der Waals surface area contributed by atoms with Gasteiger partial charge in [0.1, 0.15) is 5.02 Å². The molecule has 1 aromatic rings. The van der Waals surface area contributed by atoms with Gasteiger partial charge in [0.25, 0.3) is 5.56 Å². The Bertz CT molecular complexity index is 436. The molecule has 0 radical (unpaired) electrons. The van der Waals surface area contributed by atoms with Crippen LogP contribution in [0.15, 0.2) is 11.0 Å². The average Bonchev–Trinajstić information content (AvgIpc) is 2.59. The fourth-order valence-electron chi connectivity index (χ4n) is 2.25. The summed E-state index contributed by atoms with van der Waals surface area (Å²) < 4.78 is 1.25. The zero-order valence-corrected chi connectivity index (χ0v) is 10.8. The summed E-state index contributed by atoms with van der Waals surface area (Å²) in [5, 5.41) is 7.58. The minimum absolute atomic E-state index is 0.242. The van der Waals surface area contributed by atoms with Crippen molar-refractivity contribution >= 4 is 17.3 Å². The third kappa shape index (κ3) is 3.00. The topological polar surface area (TPSA) is 46.9 Å². The van der Waals surface area contributed by atoms with E-state index >= 15 is 0 Å². The summed E-state index contributed by atoms with van der Waals surface area (Å²) in [4.78, 5) is 11.6. The third-order valence-electron chi connectivity index (χ3n) is 3.29. The molecule has 5 heteroatoms. The Balaban J connectivity index is 2.12. The summed E-state index contributed by atoms with van der Waals surface area (Å²) in [5.41, 5.74) is 0.423. The van der Waals surface area contributed by atoms with Crippen molar-refractivity contribution in [3.05, 3.63) is 21.6 Å². The highest BCUT2D eigenvalue weighted by molar-refractivity contribution is 6.32. The molecule has 0 unspecified atom stereocenters. The maximum absolute atomic E-state index is 11.6. The molecular weight excluding hydrogens is 238 g/mol. The van der Waals surface area contributed by atoms with E-state index < -0.39 is 0 Å². The van der Waals surface area contributed by atoms with E-state index in [2.05, 4.69) is 10.4 Å². The van der Waals surface area contributed by atoms with Crippen molar-refractivity contribution < 1.29 is 0 Å². The minimum Gasteiger partial charge on any atom is -0.380 e. The number of aromatic nitrogens is 2. The monoisotopic (exact) mass is 255 g/mol. The Morgan fingerprint density at radius 1 is 1.35 bits per heavy atom. The highest BCUT2D eigenvalue weighted by atomic mass is 35.5. The largest absolute Gasteiger partial charge is 0.380 e. The zero-order chi connectivity index (χ0) is 12.3. The standard InChI is InChI=1S/C12H18ClN3O/c1-16-12(17)11(13)10(8-14-16)15-9-6-4-2-3-5-7-9/h8-9,15H,2-7H2,1H3. The first kappa shape index (κ1) is 12.4. The van der Waals surface area contributed by atoms with Crippen LogP contribution in [0.1, 0.15) is 38.5 Å². The molecule has 1 aromatic heterocycles. The molecule has 1 heterocycles. The van der Waals surface area contributed by atoms with Gasteiger partial charge in [0.2, 0.25) is 0 Å². The van der Waals surface area contributed by atoms with Gasteiger partial charge in [-0.3, -0.25) is 4.79 Å². The molecule has 1 saturated carbocycles. The number of nitrogens with one attached hydrogen (secondary N) is 1. The first-order valence-electron chi connectivity index (χ1n) is 6.17.